The Hall–Kier alpha value is -3.24. The molecular formula is C19H15F5N4O2. The number of alkyl halides is 4. The number of anilines is 1. The van der Waals surface area contributed by atoms with Crippen molar-refractivity contribution in [2.24, 2.45) is 0 Å². The van der Waals surface area contributed by atoms with Crippen molar-refractivity contribution < 1.29 is 31.5 Å². The summed E-state index contributed by atoms with van der Waals surface area (Å²) in [6.07, 6.45) is 1.18. The zero-order valence-electron chi connectivity index (χ0n) is 15.5. The minimum atomic E-state index is -4.49. The summed E-state index contributed by atoms with van der Waals surface area (Å²) in [6.45, 7) is 0.332. The molecule has 0 amide bonds. The average Bonchev–Trinajstić information content (AvgIpc) is 3.18. The number of hydrogen-bond acceptors (Lipinski definition) is 5. The number of carbonyl (C=O) groups excluding carboxylic acids is 1. The van der Waals surface area contributed by atoms with Crippen LogP contribution in [-0.4, -0.2) is 45.6 Å². The van der Waals surface area contributed by atoms with Crippen LogP contribution in [-0.2, 0) is 4.74 Å². The lowest BCUT2D eigenvalue weighted by molar-refractivity contribution is -0.187. The molecule has 2 aromatic heterocycles. The number of fused-ring (bicyclic) bond motifs is 1. The van der Waals surface area contributed by atoms with Gasteiger partial charge in [0.2, 0.25) is 0 Å². The minimum Gasteiger partial charge on any atom is -0.461 e. The summed E-state index contributed by atoms with van der Waals surface area (Å²) in [5.41, 5.74) is -0.217. The second-order valence-electron chi connectivity index (χ2n) is 6.74. The smallest absolute Gasteiger partial charge is 0.358 e. The van der Waals surface area contributed by atoms with Crippen LogP contribution in [0.5, 0.6) is 0 Å². The molecule has 4 rings (SSSR count). The van der Waals surface area contributed by atoms with Crippen molar-refractivity contribution in [2.75, 3.05) is 18.1 Å². The summed E-state index contributed by atoms with van der Waals surface area (Å²) in [5.74, 6) is -10.7. The Balaban J connectivity index is 1.84. The first-order valence-electron chi connectivity index (χ1n) is 8.95. The molecule has 1 aliphatic heterocycles. The molecule has 30 heavy (non-hydrogen) atoms. The minimum absolute atomic E-state index is 0.0813. The maximum absolute atomic E-state index is 14.7. The van der Waals surface area contributed by atoms with Gasteiger partial charge in [-0.2, -0.15) is 17.6 Å². The van der Waals surface area contributed by atoms with E-state index in [2.05, 4.69) is 10.1 Å². The zero-order chi connectivity index (χ0) is 21.7. The zero-order valence-corrected chi connectivity index (χ0v) is 15.5. The molecule has 6 nitrogen and oxygen atoms in total. The molecule has 0 N–H and O–H groups in total. The van der Waals surface area contributed by atoms with Gasteiger partial charge in [-0.05, 0) is 36.8 Å². The number of halogens is 5. The first kappa shape index (κ1) is 20.0. The third-order valence-corrected chi connectivity index (χ3v) is 4.80. The number of hydrogen-bond donors (Lipinski definition) is 0. The van der Waals surface area contributed by atoms with Crippen LogP contribution in [0.3, 0.4) is 0 Å². The Bertz CT molecular complexity index is 1120. The van der Waals surface area contributed by atoms with Gasteiger partial charge in [-0.1, -0.05) is 12.1 Å². The summed E-state index contributed by atoms with van der Waals surface area (Å²) in [6, 6.07) is 4.55. The molecule has 0 aliphatic carbocycles. The van der Waals surface area contributed by atoms with Crippen molar-refractivity contribution in [3.8, 4) is 0 Å². The Morgan fingerprint density at radius 3 is 2.70 bits per heavy atom. The maximum Gasteiger partial charge on any atom is 0.358 e. The van der Waals surface area contributed by atoms with E-state index in [4.69, 9.17) is 4.74 Å². The molecule has 3 aromatic rings. The molecular weight excluding hydrogens is 411 g/mol. The van der Waals surface area contributed by atoms with Gasteiger partial charge < -0.3 is 9.64 Å². The number of esters is 1. The molecule has 0 radical (unpaired) electrons. The summed E-state index contributed by atoms with van der Waals surface area (Å²) >= 11 is 0. The quantitative estimate of drug-likeness (QED) is 0.468. The van der Waals surface area contributed by atoms with Gasteiger partial charge in [0.15, 0.2) is 17.2 Å². The Kier molecular flexibility index (Phi) is 4.63. The van der Waals surface area contributed by atoms with Crippen molar-refractivity contribution in [2.45, 2.75) is 24.8 Å². The number of benzene rings is 1. The van der Waals surface area contributed by atoms with E-state index in [0.717, 1.165) is 22.7 Å². The van der Waals surface area contributed by atoms with E-state index in [1.807, 2.05) is 0 Å². The third kappa shape index (κ3) is 3.04. The fraction of sp³-hybridized carbons (Fsp3) is 0.316. The average molecular weight is 426 g/mol. The molecule has 1 aliphatic rings. The highest BCUT2D eigenvalue weighted by molar-refractivity contribution is 5.88. The Morgan fingerprint density at radius 1 is 1.23 bits per heavy atom. The molecule has 158 valence electrons. The number of imidazole rings is 1. The van der Waals surface area contributed by atoms with Gasteiger partial charge in [0, 0.05) is 0 Å². The molecule has 1 fully saturated rings. The molecule has 1 aromatic carbocycles. The lowest BCUT2D eigenvalue weighted by Gasteiger charge is -2.28. The summed E-state index contributed by atoms with van der Waals surface area (Å²) in [4.78, 5) is 16.7. The van der Waals surface area contributed by atoms with Gasteiger partial charge in [0.05, 0.1) is 19.3 Å². The molecule has 11 heteroatoms. The van der Waals surface area contributed by atoms with Gasteiger partial charge in [0.1, 0.15) is 11.9 Å². The largest absolute Gasteiger partial charge is 0.461 e. The fourth-order valence-corrected chi connectivity index (χ4v) is 3.45. The van der Waals surface area contributed by atoms with E-state index >= 15 is 0 Å². The lowest BCUT2D eigenvalue weighted by Crippen LogP contribution is -2.40. The number of rotatable bonds is 4. The second kappa shape index (κ2) is 6.92. The van der Waals surface area contributed by atoms with Crippen molar-refractivity contribution >= 4 is 17.4 Å². The highest BCUT2D eigenvalue weighted by Crippen LogP contribution is 2.53. The monoisotopic (exact) mass is 426 g/mol. The van der Waals surface area contributed by atoms with E-state index in [1.54, 1.807) is 6.92 Å². The van der Waals surface area contributed by atoms with Crippen LogP contribution in [0.15, 0.2) is 42.6 Å². The van der Waals surface area contributed by atoms with E-state index < -0.39 is 36.2 Å². The lowest BCUT2D eigenvalue weighted by atomic mass is 9.99. The van der Waals surface area contributed by atoms with E-state index in [9.17, 15) is 26.7 Å². The highest BCUT2D eigenvalue weighted by atomic mass is 19.3. The first-order chi connectivity index (χ1) is 14.2. The predicted octanol–water partition coefficient (Wildman–Crippen LogP) is 3.88. The Morgan fingerprint density at radius 2 is 2.00 bits per heavy atom. The molecule has 0 spiro atoms. The highest BCUT2D eigenvalue weighted by Gasteiger charge is 2.69. The van der Waals surface area contributed by atoms with Gasteiger partial charge in [0.25, 0.3) is 0 Å². The van der Waals surface area contributed by atoms with Gasteiger partial charge in [-0.15, -0.1) is 5.10 Å². The van der Waals surface area contributed by atoms with E-state index in [1.165, 1.54) is 24.4 Å². The van der Waals surface area contributed by atoms with Crippen LogP contribution in [0.1, 0.15) is 29.0 Å². The molecule has 0 unspecified atom stereocenters. The van der Waals surface area contributed by atoms with Crippen molar-refractivity contribution in [3.63, 3.8) is 0 Å². The summed E-state index contributed by atoms with van der Waals surface area (Å²) in [7, 11) is 0. The van der Waals surface area contributed by atoms with Crippen LogP contribution >= 0.6 is 0 Å². The van der Waals surface area contributed by atoms with Crippen LogP contribution in [0.4, 0.5) is 27.8 Å². The molecule has 3 heterocycles. The predicted molar refractivity (Wildman–Crippen MR) is 95.3 cm³/mol. The molecule has 1 saturated heterocycles. The standard InChI is InChI=1S/C19H15F5N4O2/c1-2-30-17(29)13-9-25-14-6-7-15(26-28(13)14)27-10-18(21,22)19(23,24)16(27)11-4-3-5-12(20)8-11/h3-9,16H,2,10H2,1H3/t16-/m0/s1. The van der Waals surface area contributed by atoms with Gasteiger partial charge >= 0.3 is 17.8 Å². The van der Waals surface area contributed by atoms with Gasteiger partial charge in [-0.25, -0.2) is 18.7 Å². The fourth-order valence-electron chi connectivity index (χ4n) is 3.45. The van der Waals surface area contributed by atoms with Crippen LogP contribution in [0.25, 0.3) is 5.65 Å². The van der Waals surface area contributed by atoms with E-state index in [0.29, 0.717) is 4.90 Å². The molecule has 0 bridgehead atoms. The number of ether oxygens (including phenoxy) is 1. The number of aromatic nitrogens is 3. The Labute approximate surface area is 166 Å². The van der Waals surface area contributed by atoms with Gasteiger partial charge in [-0.3, -0.25) is 0 Å². The number of carbonyl (C=O) groups is 1. The molecule has 0 saturated carbocycles. The summed E-state index contributed by atoms with van der Waals surface area (Å²) < 4.78 is 77.4. The summed E-state index contributed by atoms with van der Waals surface area (Å²) in [5, 5.41) is 4.07. The van der Waals surface area contributed by atoms with Crippen LogP contribution < -0.4 is 4.90 Å². The third-order valence-electron chi connectivity index (χ3n) is 4.80. The topological polar surface area (TPSA) is 59.7 Å². The first-order valence-corrected chi connectivity index (χ1v) is 8.95. The van der Waals surface area contributed by atoms with Crippen molar-refractivity contribution in [1.82, 2.24) is 14.6 Å². The number of nitrogens with zero attached hydrogens (tertiary/aromatic N) is 4. The van der Waals surface area contributed by atoms with Crippen molar-refractivity contribution in [1.29, 1.82) is 0 Å². The normalized spacial score (nSPS) is 19.9. The van der Waals surface area contributed by atoms with E-state index in [-0.39, 0.29) is 29.3 Å². The second-order valence-corrected chi connectivity index (χ2v) is 6.74. The molecule has 1 atom stereocenters. The van der Waals surface area contributed by atoms with Crippen molar-refractivity contribution in [3.05, 3.63) is 59.7 Å². The van der Waals surface area contributed by atoms with Crippen LogP contribution in [0, 0.1) is 5.82 Å². The maximum atomic E-state index is 14.7. The SMILES string of the molecule is CCOC(=O)c1cnc2ccc(N3CC(F)(F)C(F)(F)[C@@H]3c3cccc(F)c3)nn12. The van der Waals surface area contributed by atoms with Crippen LogP contribution in [0.2, 0.25) is 0 Å².